The van der Waals surface area contributed by atoms with Gasteiger partial charge in [-0.3, -0.25) is 4.79 Å². The largest absolute Gasteiger partial charge is 0.348 e. The number of imidazole rings is 1. The number of aromatic nitrogens is 2. The van der Waals surface area contributed by atoms with E-state index in [2.05, 4.69) is 27.9 Å². The average molecular weight is 457 g/mol. The zero-order valence-electron chi connectivity index (χ0n) is 21.1. The van der Waals surface area contributed by atoms with Crippen molar-refractivity contribution >= 4 is 16.9 Å². The number of carbonyl (C=O) groups excluding carboxylic acids is 1. The monoisotopic (exact) mass is 456 g/mol. The number of unbranched alkanes of at least 4 members (excludes halogenated alkanes) is 15. The molecule has 5 heteroatoms. The van der Waals surface area contributed by atoms with E-state index in [1.54, 1.807) is 0 Å². The van der Waals surface area contributed by atoms with Gasteiger partial charge < -0.3 is 15.6 Å². The van der Waals surface area contributed by atoms with Gasteiger partial charge in [0.1, 0.15) is 0 Å². The van der Waals surface area contributed by atoms with Crippen LogP contribution >= 0.6 is 0 Å². The molecular weight excluding hydrogens is 408 g/mol. The standard InChI is InChI=1S/C28H48N4O/c1-2-3-4-5-6-7-8-9-10-11-12-13-14-15-16-19-24-32-26-21-18-17-20-25(26)31-27(32)28(33)30-23-22-29/h17-18,20-21H,2-16,19,22-24,29H2,1H3,(H,30,33). The topological polar surface area (TPSA) is 72.9 Å². The molecule has 2 aromatic rings. The van der Waals surface area contributed by atoms with Crippen LogP contribution in [0.3, 0.4) is 0 Å². The van der Waals surface area contributed by atoms with Crippen molar-refractivity contribution in [2.45, 2.75) is 116 Å². The van der Waals surface area contributed by atoms with E-state index in [0.29, 0.717) is 18.9 Å². The molecule has 0 aliphatic carbocycles. The Bertz CT molecular complexity index is 770. The normalized spacial score (nSPS) is 11.3. The van der Waals surface area contributed by atoms with Crippen LogP contribution in [0.4, 0.5) is 0 Å². The van der Waals surface area contributed by atoms with Gasteiger partial charge in [-0.2, -0.15) is 0 Å². The van der Waals surface area contributed by atoms with Gasteiger partial charge in [0.05, 0.1) is 11.0 Å². The molecule has 1 aromatic heterocycles. The Morgan fingerprint density at radius 3 is 1.88 bits per heavy atom. The molecule has 0 saturated heterocycles. The van der Waals surface area contributed by atoms with Crippen LogP contribution in [0.25, 0.3) is 11.0 Å². The molecule has 3 N–H and O–H groups in total. The Hall–Kier alpha value is -1.88. The van der Waals surface area contributed by atoms with Crippen LogP contribution in [0, 0.1) is 0 Å². The summed E-state index contributed by atoms with van der Waals surface area (Å²) in [5.41, 5.74) is 7.45. The first-order chi connectivity index (χ1) is 16.3. The predicted octanol–water partition coefficient (Wildman–Crippen LogP) is 6.99. The number of aryl methyl sites for hydroxylation is 1. The lowest BCUT2D eigenvalue weighted by Gasteiger charge is -2.09. The first-order valence-electron chi connectivity index (χ1n) is 13.7. The van der Waals surface area contributed by atoms with Crippen LogP contribution < -0.4 is 11.1 Å². The fraction of sp³-hybridized carbons (Fsp3) is 0.714. The van der Waals surface area contributed by atoms with Crippen molar-refractivity contribution in [3.8, 4) is 0 Å². The van der Waals surface area contributed by atoms with E-state index >= 15 is 0 Å². The number of para-hydroxylation sites is 2. The molecule has 0 unspecified atom stereocenters. The molecule has 0 spiro atoms. The number of amides is 1. The smallest absolute Gasteiger partial charge is 0.287 e. The minimum atomic E-state index is -0.131. The van der Waals surface area contributed by atoms with Crippen molar-refractivity contribution < 1.29 is 4.79 Å². The Kier molecular flexibility index (Phi) is 14.6. The number of fused-ring (bicyclic) bond motifs is 1. The van der Waals surface area contributed by atoms with Gasteiger partial charge in [0.15, 0.2) is 5.82 Å². The van der Waals surface area contributed by atoms with Gasteiger partial charge in [0.25, 0.3) is 5.91 Å². The first-order valence-corrected chi connectivity index (χ1v) is 13.7. The van der Waals surface area contributed by atoms with E-state index in [1.165, 1.54) is 96.3 Å². The minimum Gasteiger partial charge on any atom is -0.348 e. The summed E-state index contributed by atoms with van der Waals surface area (Å²) in [7, 11) is 0. The summed E-state index contributed by atoms with van der Waals surface area (Å²) in [5, 5.41) is 2.86. The number of carbonyl (C=O) groups is 1. The maximum Gasteiger partial charge on any atom is 0.287 e. The van der Waals surface area contributed by atoms with Gasteiger partial charge in [-0.25, -0.2) is 4.98 Å². The van der Waals surface area contributed by atoms with E-state index in [4.69, 9.17) is 5.73 Å². The van der Waals surface area contributed by atoms with Crippen molar-refractivity contribution in [2.24, 2.45) is 5.73 Å². The summed E-state index contributed by atoms with van der Waals surface area (Å²) < 4.78 is 2.07. The minimum absolute atomic E-state index is 0.131. The summed E-state index contributed by atoms with van der Waals surface area (Å²) in [6, 6.07) is 8.00. The van der Waals surface area contributed by atoms with Crippen molar-refractivity contribution in [3.05, 3.63) is 30.1 Å². The molecule has 1 amide bonds. The third-order valence-corrected chi connectivity index (χ3v) is 6.52. The molecule has 1 aromatic carbocycles. The molecule has 33 heavy (non-hydrogen) atoms. The third kappa shape index (κ3) is 10.7. The molecule has 0 saturated carbocycles. The van der Waals surface area contributed by atoms with Crippen molar-refractivity contribution in [1.82, 2.24) is 14.9 Å². The summed E-state index contributed by atoms with van der Waals surface area (Å²) in [6.07, 6.45) is 21.8. The maximum absolute atomic E-state index is 12.5. The lowest BCUT2D eigenvalue weighted by molar-refractivity contribution is 0.0940. The van der Waals surface area contributed by atoms with Crippen LogP contribution in [-0.4, -0.2) is 28.5 Å². The second kappa shape index (κ2) is 17.6. The summed E-state index contributed by atoms with van der Waals surface area (Å²) >= 11 is 0. The zero-order chi connectivity index (χ0) is 23.6. The van der Waals surface area contributed by atoms with E-state index in [-0.39, 0.29) is 5.91 Å². The Labute approximate surface area is 201 Å². The zero-order valence-corrected chi connectivity index (χ0v) is 21.1. The molecule has 0 atom stereocenters. The highest BCUT2D eigenvalue weighted by Gasteiger charge is 2.16. The Balaban J connectivity index is 1.54. The summed E-state index contributed by atoms with van der Waals surface area (Å²) in [5.74, 6) is 0.374. The molecule has 5 nitrogen and oxygen atoms in total. The lowest BCUT2D eigenvalue weighted by atomic mass is 10.0. The number of hydrogen-bond donors (Lipinski definition) is 2. The van der Waals surface area contributed by atoms with Gasteiger partial charge >= 0.3 is 0 Å². The molecule has 186 valence electrons. The van der Waals surface area contributed by atoms with Gasteiger partial charge in [0.2, 0.25) is 0 Å². The molecule has 0 bridgehead atoms. The van der Waals surface area contributed by atoms with Crippen LogP contribution in [0.2, 0.25) is 0 Å². The predicted molar refractivity (Wildman–Crippen MR) is 141 cm³/mol. The number of benzene rings is 1. The molecule has 2 rings (SSSR count). The summed E-state index contributed by atoms with van der Waals surface area (Å²) in [6.45, 7) is 4.03. The van der Waals surface area contributed by atoms with E-state index in [1.807, 2.05) is 18.2 Å². The Morgan fingerprint density at radius 1 is 0.818 bits per heavy atom. The van der Waals surface area contributed by atoms with Gasteiger partial charge in [-0.1, -0.05) is 115 Å². The highest BCUT2D eigenvalue weighted by Crippen LogP contribution is 2.18. The van der Waals surface area contributed by atoms with Crippen LogP contribution in [-0.2, 0) is 6.54 Å². The lowest BCUT2D eigenvalue weighted by Crippen LogP contribution is -2.31. The molecule has 0 aliphatic heterocycles. The van der Waals surface area contributed by atoms with Crippen molar-refractivity contribution in [3.63, 3.8) is 0 Å². The molecular formula is C28H48N4O. The number of nitrogens with two attached hydrogens (primary N) is 1. The second-order valence-corrected chi connectivity index (χ2v) is 9.42. The van der Waals surface area contributed by atoms with E-state index in [9.17, 15) is 4.79 Å². The second-order valence-electron chi connectivity index (χ2n) is 9.42. The summed E-state index contributed by atoms with van der Waals surface area (Å²) in [4.78, 5) is 17.1. The molecule has 1 heterocycles. The SMILES string of the molecule is CCCCCCCCCCCCCCCCCCn1c(C(=O)NCCN)nc2ccccc21. The fourth-order valence-electron chi connectivity index (χ4n) is 4.56. The number of hydrogen-bond acceptors (Lipinski definition) is 3. The molecule has 0 fully saturated rings. The van der Waals surface area contributed by atoms with Crippen molar-refractivity contribution in [2.75, 3.05) is 13.1 Å². The highest BCUT2D eigenvalue weighted by molar-refractivity contribution is 5.94. The highest BCUT2D eigenvalue weighted by atomic mass is 16.2. The fourth-order valence-corrected chi connectivity index (χ4v) is 4.56. The quantitative estimate of drug-likeness (QED) is 0.211. The van der Waals surface area contributed by atoms with Gasteiger partial charge in [-0.05, 0) is 18.6 Å². The van der Waals surface area contributed by atoms with E-state index < -0.39 is 0 Å². The number of nitrogens with zero attached hydrogens (tertiary/aromatic N) is 2. The first kappa shape index (κ1) is 27.4. The van der Waals surface area contributed by atoms with Gasteiger partial charge in [-0.15, -0.1) is 0 Å². The molecule has 0 aliphatic rings. The number of rotatable bonds is 20. The maximum atomic E-state index is 12.5. The molecule has 0 radical (unpaired) electrons. The van der Waals surface area contributed by atoms with Crippen LogP contribution in [0.15, 0.2) is 24.3 Å². The van der Waals surface area contributed by atoms with Crippen LogP contribution in [0.1, 0.15) is 120 Å². The third-order valence-electron chi connectivity index (χ3n) is 6.52. The number of nitrogens with one attached hydrogen (secondary N) is 1. The van der Waals surface area contributed by atoms with Crippen molar-refractivity contribution in [1.29, 1.82) is 0 Å². The average Bonchev–Trinajstić information content (AvgIpc) is 3.21. The van der Waals surface area contributed by atoms with E-state index in [0.717, 1.165) is 24.0 Å². The van der Waals surface area contributed by atoms with Gasteiger partial charge in [0, 0.05) is 19.6 Å². The van der Waals surface area contributed by atoms with Crippen LogP contribution in [0.5, 0.6) is 0 Å². The Morgan fingerprint density at radius 2 is 1.33 bits per heavy atom.